The van der Waals surface area contributed by atoms with Gasteiger partial charge in [-0.1, -0.05) is 6.42 Å². The van der Waals surface area contributed by atoms with Crippen molar-refractivity contribution in [2.24, 2.45) is 5.84 Å². The van der Waals surface area contributed by atoms with Crippen LogP contribution in [0.2, 0.25) is 0 Å². The summed E-state index contributed by atoms with van der Waals surface area (Å²) >= 11 is 3.44. The Balaban J connectivity index is 2.39. The minimum Gasteiger partial charge on any atom is -0.323 e. The number of rotatable bonds is 1. The number of fused-ring (bicyclic) bond motifs is 2. The molecule has 0 radical (unpaired) electrons. The van der Waals surface area contributed by atoms with E-state index in [1.54, 1.807) is 6.07 Å². The summed E-state index contributed by atoms with van der Waals surface area (Å²) in [7, 11) is 0. The fourth-order valence-corrected chi connectivity index (χ4v) is 3.21. The highest BCUT2D eigenvalue weighted by Crippen LogP contribution is 2.36. The molecule has 5 heteroatoms. The Morgan fingerprint density at radius 1 is 1.21 bits per heavy atom. The maximum atomic E-state index is 14.1. The highest BCUT2D eigenvalue weighted by atomic mass is 79.9. The van der Waals surface area contributed by atoms with Crippen molar-refractivity contribution in [1.82, 2.24) is 4.98 Å². The smallest absolute Gasteiger partial charge is 0.134 e. The number of hydrogen-bond acceptors (Lipinski definition) is 3. The van der Waals surface area contributed by atoms with E-state index in [9.17, 15) is 4.39 Å². The third kappa shape index (κ3) is 2.11. The topological polar surface area (TPSA) is 50.9 Å². The predicted molar refractivity (Wildman–Crippen MR) is 78.5 cm³/mol. The number of anilines is 1. The number of halogens is 2. The molecule has 0 saturated carbocycles. The van der Waals surface area contributed by atoms with Gasteiger partial charge in [0, 0.05) is 10.2 Å². The zero-order chi connectivity index (χ0) is 13.4. The number of aromatic nitrogens is 1. The molecule has 1 aromatic heterocycles. The highest BCUT2D eigenvalue weighted by Gasteiger charge is 2.20. The van der Waals surface area contributed by atoms with Gasteiger partial charge >= 0.3 is 0 Å². The molecule has 0 atom stereocenters. The number of hydrogen-bond donors (Lipinski definition) is 2. The summed E-state index contributed by atoms with van der Waals surface area (Å²) in [5.41, 5.74) is 6.15. The van der Waals surface area contributed by atoms with E-state index in [0.29, 0.717) is 16.6 Å². The van der Waals surface area contributed by atoms with Crippen molar-refractivity contribution in [1.29, 1.82) is 0 Å². The standard InChI is InChI=1S/C14H15BrFN3/c15-9-6-7-10(16)12-13(19-17)8-4-2-1-3-5-11(8)18-14(9)12/h6-7H,1-5,17H2,(H,18,19). The second-order valence-electron chi connectivity index (χ2n) is 4.87. The second kappa shape index (κ2) is 5.06. The third-order valence-electron chi connectivity index (χ3n) is 3.71. The van der Waals surface area contributed by atoms with Crippen LogP contribution in [0.4, 0.5) is 10.1 Å². The number of aryl methyl sites for hydroxylation is 1. The van der Waals surface area contributed by atoms with Gasteiger partial charge in [-0.25, -0.2) is 4.39 Å². The molecule has 0 bridgehead atoms. The van der Waals surface area contributed by atoms with Crippen molar-refractivity contribution in [3.05, 3.63) is 33.7 Å². The van der Waals surface area contributed by atoms with Crippen LogP contribution in [0, 0.1) is 5.82 Å². The highest BCUT2D eigenvalue weighted by molar-refractivity contribution is 9.10. The fraction of sp³-hybridized carbons (Fsp3) is 0.357. The molecule has 19 heavy (non-hydrogen) atoms. The summed E-state index contributed by atoms with van der Waals surface area (Å²) in [6, 6.07) is 3.13. The lowest BCUT2D eigenvalue weighted by Gasteiger charge is -2.16. The normalized spacial score (nSPS) is 15.1. The van der Waals surface area contributed by atoms with Crippen molar-refractivity contribution in [3.63, 3.8) is 0 Å². The summed E-state index contributed by atoms with van der Waals surface area (Å²) < 4.78 is 14.9. The first-order chi connectivity index (χ1) is 9.22. The number of pyridine rings is 1. The minimum absolute atomic E-state index is 0.286. The molecule has 0 spiro atoms. The fourth-order valence-electron chi connectivity index (χ4n) is 2.79. The van der Waals surface area contributed by atoms with Crippen LogP contribution in [0.1, 0.15) is 30.5 Å². The van der Waals surface area contributed by atoms with Crippen LogP contribution in [0.25, 0.3) is 10.9 Å². The Morgan fingerprint density at radius 3 is 2.79 bits per heavy atom. The van der Waals surface area contributed by atoms with Crippen LogP contribution in [0.15, 0.2) is 16.6 Å². The van der Waals surface area contributed by atoms with Crippen LogP contribution in [0.5, 0.6) is 0 Å². The lowest BCUT2D eigenvalue weighted by Crippen LogP contribution is -2.13. The quantitative estimate of drug-likeness (QED) is 0.478. The second-order valence-corrected chi connectivity index (χ2v) is 5.72. The van der Waals surface area contributed by atoms with E-state index in [1.165, 1.54) is 12.5 Å². The minimum atomic E-state index is -0.286. The average molecular weight is 324 g/mol. The predicted octanol–water partition coefficient (Wildman–Crippen LogP) is 3.69. The van der Waals surface area contributed by atoms with Crippen molar-refractivity contribution < 1.29 is 4.39 Å². The largest absolute Gasteiger partial charge is 0.323 e. The van der Waals surface area contributed by atoms with Gasteiger partial charge in [0.05, 0.1) is 16.6 Å². The molecular formula is C14H15BrFN3. The van der Waals surface area contributed by atoms with Gasteiger partial charge in [0.25, 0.3) is 0 Å². The Morgan fingerprint density at radius 2 is 2.00 bits per heavy atom. The maximum Gasteiger partial charge on any atom is 0.134 e. The van der Waals surface area contributed by atoms with Crippen molar-refractivity contribution >= 4 is 32.5 Å². The molecule has 3 nitrogen and oxygen atoms in total. The van der Waals surface area contributed by atoms with Crippen LogP contribution in [-0.4, -0.2) is 4.98 Å². The molecule has 0 saturated heterocycles. The van der Waals surface area contributed by atoms with Crippen molar-refractivity contribution in [2.75, 3.05) is 5.43 Å². The van der Waals surface area contributed by atoms with Gasteiger partial charge in [0.2, 0.25) is 0 Å². The van der Waals surface area contributed by atoms with E-state index in [2.05, 4.69) is 26.3 Å². The zero-order valence-electron chi connectivity index (χ0n) is 10.5. The monoisotopic (exact) mass is 323 g/mol. The molecule has 0 fully saturated rings. The lowest BCUT2D eigenvalue weighted by molar-refractivity contribution is 0.639. The lowest BCUT2D eigenvalue weighted by atomic mass is 10.0. The van der Waals surface area contributed by atoms with Gasteiger partial charge in [0.1, 0.15) is 5.82 Å². The van der Waals surface area contributed by atoms with Gasteiger partial charge in [-0.3, -0.25) is 10.8 Å². The van der Waals surface area contributed by atoms with Crippen LogP contribution < -0.4 is 11.3 Å². The number of benzene rings is 1. The molecule has 0 unspecified atom stereocenters. The van der Waals surface area contributed by atoms with Gasteiger partial charge in [-0.05, 0) is 59.3 Å². The molecular weight excluding hydrogens is 309 g/mol. The van der Waals surface area contributed by atoms with Crippen molar-refractivity contribution in [3.8, 4) is 0 Å². The summed E-state index contributed by atoms with van der Waals surface area (Å²) in [6.07, 6.45) is 5.25. The zero-order valence-corrected chi connectivity index (χ0v) is 12.1. The van der Waals surface area contributed by atoms with E-state index in [-0.39, 0.29) is 5.82 Å². The van der Waals surface area contributed by atoms with Gasteiger partial charge in [-0.15, -0.1) is 0 Å². The first-order valence-electron chi connectivity index (χ1n) is 6.48. The maximum absolute atomic E-state index is 14.1. The Kier molecular flexibility index (Phi) is 3.41. The third-order valence-corrected chi connectivity index (χ3v) is 4.35. The Hall–Kier alpha value is -1.20. The van der Waals surface area contributed by atoms with Gasteiger partial charge < -0.3 is 5.43 Å². The molecule has 2 aromatic rings. The number of nitrogens with one attached hydrogen (secondary N) is 1. The van der Waals surface area contributed by atoms with E-state index in [4.69, 9.17) is 5.84 Å². The SMILES string of the molecule is NNc1c2c(nc3c(Br)ccc(F)c13)CCCCC2. The molecule has 0 aliphatic heterocycles. The first-order valence-corrected chi connectivity index (χ1v) is 7.27. The van der Waals surface area contributed by atoms with E-state index in [1.807, 2.05) is 0 Å². The molecule has 3 N–H and O–H groups in total. The van der Waals surface area contributed by atoms with Crippen molar-refractivity contribution in [2.45, 2.75) is 32.1 Å². The molecule has 1 heterocycles. The van der Waals surface area contributed by atoms with E-state index < -0.39 is 0 Å². The Labute approximate surface area is 119 Å². The number of nitrogens with zero attached hydrogens (tertiary/aromatic N) is 1. The first kappa shape index (κ1) is 12.8. The summed E-state index contributed by atoms with van der Waals surface area (Å²) in [4.78, 5) is 4.66. The molecule has 3 rings (SSSR count). The molecule has 1 aromatic carbocycles. The van der Waals surface area contributed by atoms with Gasteiger partial charge in [0.15, 0.2) is 0 Å². The molecule has 100 valence electrons. The molecule has 0 amide bonds. The average Bonchev–Trinajstić information content (AvgIpc) is 2.66. The van der Waals surface area contributed by atoms with Gasteiger partial charge in [-0.2, -0.15) is 0 Å². The number of hydrazine groups is 1. The van der Waals surface area contributed by atoms with Crippen LogP contribution in [0.3, 0.4) is 0 Å². The molecule has 1 aliphatic carbocycles. The summed E-state index contributed by atoms with van der Waals surface area (Å²) in [5, 5.41) is 0.484. The van der Waals surface area contributed by atoms with Crippen LogP contribution in [-0.2, 0) is 12.8 Å². The molecule has 1 aliphatic rings. The van der Waals surface area contributed by atoms with Crippen LogP contribution >= 0.6 is 15.9 Å². The van der Waals surface area contributed by atoms with E-state index >= 15 is 0 Å². The summed E-state index contributed by atoms with van der Waals surface area (Å²) in [6.45, 7) is 0. The summed E-state index contributed by atoms with van der Waals surface area (Å²) in [5.74, 6) is 5.36. The number of nitrogens with two attached hydrogens (primary N) is 1. The number of nitrogen functional groups attached to an aromatic ring is 1. The Bertz CT molecular complexity index is 642. The van der Waals surface area contributed by atoms with E-state index in [0.717, 1.165) is 41.4 Å².